The first-order valence-corrected chi connectivity index (χ1v) is 11.3. The number of hydrogen-bond donors (Lipinski definition) is 0. The molecule has 1 saturated heterocycles. The molecule has 1 aromatic rings. The Balaban J connectivity index is 2.29. The highest BCUT2D eigenvalue weighted by atomic mass is 32.2. The van der Waals surface area contributed by atoms with Crippen LogP contribution in [0, 0.1) is 0 Å². The quantitative estimate of drug-likeness (QED) is 0.481. The van der Waals surface area contributed by atoms with Crippen LogP contribution in [0.3, 0.4) is 0 Å². The summed E-state index contributed by atoms with van der Waals surface area (Å²) in [6.07, 6.45) is 14.3. The molecule has 0 amide bonds. The molecule has 1 heterocycles. The van der Waals surface area contributed by atoms with Gasteiger partial charge in [0.25, 0.3) is 10.0 Å². The zero-order valence-corrected chi connectivity index (χ0v) is 18.3. The summed E-state index contributed by atoms with van der Waals surface area (Å²) in [4.78, 5) is 0.277. The van der Waals surface area contributed by atoms with Gasteiger partial charge >= 0.3 is 0 Å². The largest absolute Gasteiger partial charge is 0.266 e. The van der Waals surface area contributed by atoms with Crippen LogP contribution in [-0.4, -0.2) is 26.5 Å². The Labute approximate surface area is 176 Å². The smallest absolute Gasteiger partial charge is 0.263 e. The first kappa shape index (κ1) is 22.8. The number of rotatable bonds is 7. The Morgan fingerprint density at radius 2 is 1.83 bits per heavy atom. The van der Waals surface area contributed by atoms with Crippen molar-refractivity contribution >= 4 is 22.8 Å². The summed E-state index contributed by atoms with van der Waals surface area (Å²) in [5.41, 5.74) is 3.53. The first-order chi connectivity index (χ1) is 13.9. The van der Waals surface area contributed by atoms with Gasteiger partial charge < -0.3 is 0 Å². The van der Waals surface area contributed by atoms with Crippen LogP contribution in [0.4, 0.5) is 0 Å². The standard InChI is InChI=1S/C24H29BNO2S/c1-5-8-16-24-20(4)13-12-19-26(24)29(27,28)23(7-3)18-17-21(6-2)25-22-14-10-9-11-15-22/h5-11,14-18H,4,12-13,19H2,1-3H3/b8-5-,18-17-,21-6+,23-7+,24-16+. The average Bonchev–Trinajstić information content (AvgIpc) is 2.72. The third kappa shape index (κ3) is 5.97. The van der Waals surface area contributed by atoms with Gasteiger partial charge in [-0.15, -0.1) is 0 Å². The molecule has 0 aliphatic carbocycles. The normalized spacial score (nSPS) is 18.2. The molecule has 0 unspecified atom stereocenters. The van der Waals surface area contributed by atoms with Gasteiger partial charge in [-0.05, 0) is 51.3 Å². The van der Waals surface area contributed by atoms with Gasteiger partial charge in [0.15, 0.2) is 7.28 Å². The third-order valence-corrected chi connectivity index (χ3v) is 6.62. The summed E-state index contributed by atoms with van der Waals surface area (Å²) in [5, 5.41) is 0. The van der Waals surface area contributed by atoms with Gasteiger partial charge in [0, 0.05) is 6.54 Å². The Bertz CT molecular complexity index is 967. The molecule has 0 saturated carbocycles. The molecule has 1 fully saturated rings. The molecule has 1 aromatic carbocycles. The lowest BCUT2D eigenvalue weighted by molar-refractivity contribution is 0.451. The lowest BCUT2D eigenvalue weighted by Gasteiger charge is -2.32. The van der Waals surface area contributed by atoms with Gasteiger partial charge in [-0.3, -0.25) is 4.31 Å². The third-order valence-electron chi connectivity index (χ3n) is 4.70. The highest BCUT2D eigenvalue weighted by molar-refractivity contribution is 7.93. The summed E-state index contributed by atoms with van der Waals surface area (Å²) in [6.45, 7) is 10.1. The van der Waals surface area contributed by atoms with E-state index in [4.69, 9.17) is 0 Å². The van der Waals surface area contributed by atoms with Gasteiger partial charge in [0.05, 0.1) is 10.6 Å². The molecule has 0 spiro atoms. The minimum Gasteiger partial charge on any atom is -0.266 e. The number of allylic oxidation sites excluding steroid dienone is 9. The Morgan fingerprint density at radius 3 is 2.45 bits per heavy atom. The van der Waals surface area contributed by atoms with Crippen molar-refractivity contribution in [3.05, 3.63) is 101 Å². The molecule has 0 bridgehead atoms. The van der Waals surface area contributed by atoms with E-state index >= 15 is 0 Å². The van der Waals surface area contributed by atoms with Gasteiger partial charge in [-0.2, -0.15) is 0 Å². The lowest BCUT2D eigenvalue weighted by atomic mass is 9.63. The number of benzene rings is 1. The Hall–Kier alpha value is -2.53. The molecule has 0 N–H and O–H groups in total. The van der Waals surface area contributed by atoms with Crippen LogP contribution in [0.15, 0.2) is 101 Å². The van der Waals surface area contributed by atoms with E-state index in [-0.39, 0.29) is 4.91 Å². The van der Waals surface area contributed by atoms with Crippen LogP contribution >= 0.6 is 0 Å². The topological polar surface area (TPSA) is 37.4 Å². The zero-order valence-electron chi connectivity index (χ0n) is 17.5. The lowest BCUT2D eigenvalue weighted by Crippen LogP contribution is -2.35. The molecule has 2 rings (SSSR count). The van der Waals surface area contributed by atoms with E-state index in [1.54, 1.807) is 19.1 Å². The van der Waals surface area contributed by atoms with E-state index in [0.717, 1.165) is 29.4 Å². The second-order valence-corrected chi connectivity index (χ2v) is 8.59. The van der Waals surface area contributed by atoms with Crippen LogP contribution in [0.2, 0.25) is 0 Å². The van der Waals surface area contributed by atoms with E-state index in [1.165, 1.54) is 4.31 Å². The second kappa shape index (κ2) is 10.9. The van der Waals surface area contributed by atoms with Crippen molar-refractivity contribution in [3.63, 3.8) is 0 Å². The number of sulfonamides is 1. The Kier molecular flexibility index (Phi) is 8.53. The van der Waals surface area contributed by atoms with E-state index in [9.17, 15) is 8.42 Å². The molecule has 29 heavy (non-hydrogen) atoms. The minimum absolute atomic E-state index is 0.277. The summed E-state index contributed by atoms with van der Waals surface area (Å²) >= 11 is 0. The minimum atomic E-state index is -3.66. The highest BCUT2D eigenvalue weighted by Gasteiger charge is 2.30. The molecule has 1 aliphatic rings. The van der Waals surface area contributed by atoms with Crippen LogP contribution in [0.25, 0.3) is 0 Å². The van der Waals surface area contributed by atoms with Crippen LogP contribution in [0.5, 0.6) is 0 Å². The number of nitrogens with zero attached hydrogens (tertiary/aromatic N) is 1. The van der Waals surface area contributed by atoms with Crippen molar-refractivity contribution in [2.24, 2.45) is 0 Å². The highest BCUT2D eigenvalue weighted by Crippen LogP contribution is 2.31. The molecule has 3 nitrogen and oxygen atoms in total. The molecule has 5 heteroatoms. The van der Waals surface area contributed by atoms with Crippen molar-refractivity contribution in [1.29, 1.82) is 0 Å². The first-order valence-electron chi connectivity index (χ1n) is 9.88. The average molecular weight is 406 g/mol. The summed E-state index contributed by atoms with van der Waals surface area (Å²) < 4.78 is 28.2. The summed E-state index contributed by atoms with van der Waals surface area (Å²) in [7, 11) is -1.64. The monoisotopic (exact) mass is 406 g/mol. The van der Waals surface area contributed by atoms with Gasteiger partial charge in [-0.1, -0.05) is 78.2 Å². The summed E-state index contributed by atoms with van der Waals surface area (Å²) in [5.74, 6) is 0. The van der Waals surface area contributed by atoms with Crippen molar-refractivity contribution < 1.29 is 8.42 Å². The maximum atomic E-state index is 13.4. The maximum absolute atomic E-state index is 13.4. The van der Waals surface area contributed by atoms with Crippen molar-refractivity contribution in [2.45, 2.75) is 33.6 Å². The predicted octanol–water partition coefficient (Wildman–Crippen LogP) is 4.82. The van der Waals surface area contributed by atoms with Gasteiger partial charge in [0.2, 0.25) is 0 Å². The molecular formula is C24H29BNO2S. The summed E-state index contributed by atoms with van der Waals surface area (Å²) in [6, 6.07) is 9.96. The molecule has 151 valence electrons. The molecule has 1 aliphatic heterocycles. The number of hydrogen-bond acceptors (Lipinski definition) is 2. The predicted molar refractivity (Wildman–Crippen MR) is 125 cm³/mol. The van der Waals surface area contributed by atoms with Crippen LogP contribution in [0.1, 0.15) is 33.6 Å². The second-order valence-electron chi connectivity index (χ2n) is 6.73. The van der Waals surface area contributed by atoms with Gasteiger partial charge in [-0.25, -0.2) is 8.42 Å². The fraction of sp³-hybridized carbons (Fsp3) is 0.250. The van der Waals surface area contributed by atoms with E-state index in [2.05, 4.69) is 6.58 Å². The van der Waals surface area contributed by atoms with Gasteiger partial charge in [0.1, 0.15) is 0 Å². The Morgan fingerprint density at radius 1 is 1.10 bits per heavy atom. The van der Waals surface area contributed by atoms with E-state index in [1.807, 2.05) is 81.8 Å². The maximum Gasteiger partial charge on any atom is 0.263 e. The SMILES string of the molecule is C=C1CCCN(S(=O)(=O)C(/C=C\C([B]c2ccccc2)=C/C)=C/C)/C1=C/C=C\C. The van der Waals surface area contributed by atoms with Crippen LogP contribution in [-0.2, 0) is 10.0 Å². The van der Waals surface area contributed by atoms with E-state index in [0.29, 0.717) is 12.2 Å². The molecule has 0 atom stereocenters. The van der Waals surface area contributed by atoms with E-state index < -0.39 is 10.0 Å². The fourth-order valence-corrected chi connectivity index (χ4v) is 4.72. The van der Waals surface area contributed by atoms with Crippen LogP contribution < -0.4 is 5.46 Å². The molecular weight excluding hydrogens is 377 g/mol. The zero-order chi connectivity index (χ0) is 21.3. The van der Waals surface area contributed by atoms with Crippen molar-refractivity contribution in [3.8, 4) is 0 Å². The molecule has 0 aromatic heterocycles. The van der Waals surface area contributed by atoms with Crippen molar-refractivity contribution in [1.82, 2.24) is 4.31 Å². The molecule has 1 radical (unpaired) electrons. The number of piperidine rings is 1. The fourth-order valence-electron chi connectivity index (χ4n) is 3.11. The van der Waals surface area contributed by atoms with Crippen molar-refractivity contribution in [2.75, 3.05) is 6.54 Å².